The molecule has 1 aliphatic heterocycles. The van der Waals surface area contributed by atoms with Gasteiger partial charge in [0.25, 0.3) is 0 Å². The summed E-state index contributed by atoms with van der Waals surface area (Å²) in [6, 6.07) is 7.66. The predicted molar refractivity (Wildman–Crippen MR) is 108 cm³/mol. The topological polar surface area (TPSA) is 72.4 Å². The number of hydrogen-bond donors (Lipinski definition) is 1. The molecule has 1 aromatic heterocycles. The van der Waals surface area contributed by atoms with E-state index < -0.39 is 0 Å². The summed E-state index contributed by atoms with van der Waals surface area (Å²) in [6.45, 7) is 3.48. The van der Waals surface area contributed by atoms with Crippen LogP contribution in [-0.2, 0) is 11.2 Å². The molecule has 2 unspecified atom stereocenters. The van der Waals surface area contributed by atoms with E-state index in [2.05, 4.69) is 11.9 Å². The number of halogens is 3. The van der Waals surface area contributed by atoms with Crippen LogP contribution < -0.4 is 5.73 Å². The quantitative estimate of drug-likeness (QED) is 0.794. The summed E-state index contributed by atoms with van der Waals surface area (Å²) >= 11 is 5.89. The maximum absolute atomic E-state index is 12.4. The number of aryl methyl sites for hydroxylation is 1. The van der Waals surface area contributed by atoms with Crippen LogP contribution in [0.3, 0.4) is 0 Å². The molecule has 1 amide bonds. The third kappa shape index (κ3) is 5.36. The molecular weight excluding hydrogens is 397 g/mol. The van der Waals surface area contributed by atoms with Crippen LogP contribution in [0, 0.1) is 5.92 Å². The Labute approximate surface area is 171 Å². The third-order valence-electron chi connectivity index (χ3n) is 4.55. The molecule has 1 saturated heterocycles. The monoisotopic (exact) mass is 419 g/mol. The van der Waals surface area contributed by atoms with Gasteiger partial charge in [0.05, 0.1) is 6.20 Å². The minimum absolute atomic E-state index is 0. The van der Waals surface area contributed by atoms with Crippen molar-refractivity contribution in [3.8, 4) is 11.3 Å². The summed E-state index contributed by atoms with van der Waals surface area (Å²) in [5.74, 6) is 1.83. The molecule has 0 bridgehead atoms. The second-order valence-corrected chi connectivity index (χ2v) is 6.79. The number of hydrogen-bond acceptors (Lipinski definition) is 4. The Morgan fingerprint density at radius 3 is 2.65 bits per heavy atom. The number of carbonyl (C=O) groups excluding carboxylic acids is 1. The molecule has 2 aromatic rings. The van der Waals surface area contributed by atoms with Crippen molar-refractivity contribution < 1.29 is 9.21 Å². The molecule has 1 fully saturated rings. The molecule has 5 nitrogen and oxygen atoms in total. The number of nitrogens with two attached hydrogens (primary N) is 1. The number of aromatic nitrogens is 1. The number of rotatable bonds is 5. The SMILES string of the molecule is CC1CC(CN)CN1C(=O)CCc1ncc(-c2ccc(Cl)cc2)o1.Cl.Cl. The second kappa shape index (κ2) is 10.2. The highest BCUT2D eigenvalue weighted by atomic mass is 35.5. The molecule has 144 valence electrons. The zero-order valence-electron chi connectivity index (χ0n) is 14.6. The molecule has 0 radical (unpaired) electrons. The average molecular weight is 421 g/mol. The fourth-order valence-electron chi connectivity index (χ4n) is 3.19. The van der Waals surface area contributed by atoms with Gasteiger partial charge >= 0.3 is 0 Å². The molecule has 2 heterocycles. The van der Waals surface area contributed by atoms with Crippen LogP contribution in [0.1, 0.15) is 25.7 Å². The van der Waals surface area contributed by atoms with Crippen LogP contribution in [0.5, 0.6) is 0 Å². The molecule has 0 aliphatic carbocycles. The predicted octanol–water partition coefficient (Wildman–Crippen LogP) is 3.97. The van der Waals surface area contributed by atoms with Gasteiger partial charge < -0.3 is 15.1 Å². The van der Waals surface area contributed by atoms with E-state index in [0.717, 1.165) is 18.5 Å². The zero-order chi connectivity index (χ0) is 17.1. The largest absolute Gasteiger partial charge is 0.441 e. The van der Waals surface area contributed by atoms with Crippen LogP contribution in [0.15, 0.2) is 34.9 Å². The van der Waals surface area contributed by atoms with Gasteiger partial charge in [-0.2, -0.15) is 0 Å². The van der Waals surface area contributed by atoms with Crippen molar-refractivity contribution in [2.45, 2.75) is 32.2 Å². The van der Waals surface area contributed by atoms with Crippen LogP contribution >= 0.6 is 36.4 Å². The van der Waals surface area contributed by atoms with Gasteiger partial charge in [0.2, 0.25) is 5.91 Å². The molecule has 0 saturated carbocycles. The van der Waals surface area contributed by atoms with E-state index in [1.165, 1.54) is 0 Å². The van der Waals surface area contributed by atoms with Crippen molar-refractivity contribution in [3.05, 3.63) is 41.4 Å². The second-order valence-electron chi connectivity index (χ2n) is 6.36. The van der Waals surface area contributed by atoms with Gasteiger partial charge in [0.15, 0.2) is 11.7 Å². The van der Waals surface area contributed by atoms with Gasteiger partial charge in [-0.3, -0.25) is 4.79 Å². The first-order chi connectivity index (χ1) is 11.6. The van der Waals surface area contributed by atoms with E-state index in [-0.39, 0.29) is 36.8 Å². The summed E-state index contributed by atoms with van der Waals surface area (Å²) in [6.07, 6.45) is 3.58. The molecule has 1 aromatic carbocycles. The number of nitrogens with zero attached hydrogens (tertiary/aromatic N) is 2. The van der Waals surface area contributed by atoms with Gasteiger partial charge in [-0.1, -0.05) is 11.6 Å². The Morgan fingerprint density at radius 2 is 2.04 bits per heavy atom. The van der Waals surface area contributed by atoms with E-state index in [1.807, 2.05) is 29.2 Å². The van der Waals surface area contributed by atoms with Crippen LogP contribution in [0.2, 0.25) is 5.02 Å². The van der Waals surface area contributed by atoms with Crippen molar-refractivity contribution >= 4 is 42.3 Å². The fourth-order valence-corrected chi connectivity index (χ4v) is 3.32. The summed E-state index contributed by atoms with van der Waals surface area (Å²) in [5.41, 5.74) is 6.64. The van der Waals surface area contributed by atoms with Crippen LogP contribution in [-0.4, -0.2) is 34.9 Å². The average Bonchev–Trinajstić information content (AvgIpc) is 3.20. The van der Waals surface area contributed by atoms with E-state index >= 15 is 0 Å². The summed E-state index contributed by atoms with van der Waals surface area (Å²) in [7, 11) is 0. The van der Waals surface area contributed by atoms with Crippen molar-refractivity contribution in [1.82, 2.24) is 9.88 Å². The van der Waals surface area contributed by atoms with Crippen molar-refractivity contribution in [2.75, 3.05) is 13.1 Å². The van der Waals surface area contributed by atoms with Crippen molar-refractivity contribution in [1.29, 1.82) is 0 Å². The molecule has 0 spiro atoms. The van der Waals surface area contributed by atoms with Gasteiger partial charge in [-0.15, -0.1) is 24.8 Å². The lowest BCUT2D eigenvalue weighted by Crippen LogP contribution is -2.34. The third-order valence-corrected chi connectivity index (χ3v) is 4.80. The lowest BCUT2D eigenvalue weighted by molar-refractivity contribution is -0.131. The standard InChI is InChI=1S/C18H22ClN3O2.2ClH/c1-12-8-13(9-20)11-22(12)18(23)7-6-17-21-10-16(24-17)14-2-4-15(19)5-3-14;;/h2-5,10,12-13H,6-9,11,20H2,1H3;2*1H. The first-order valence-electron chi connectivity index (χ1n) is 8.27. The fraction of sp³-hybridized carbons (Fsp3) is 0.444. The van der Waals surface area contributed by atoms with Gasteiger partial charge in [-0.05, 0) is 50.1 Å². The molecule has 2 atom stereocenters. The summed E-state index contributed by atoms with van der Waals surface area (Å²) < 4.78 is 5.75. The normalized spacial score (nSPS) is 19.0. The first-order valence-corrected chi connectivity index (χ1v) is 8.64. The molecule has 26 heavy (non-hydrogen) atoms. The number of amides is 1. The number of likely N-dealkylation sites (tertiary alicyclic amines) is 1. The minimum Gasteiger partial charge on any atom is -0.441 e. The Kier molecular flexibility index (Phi) is 8.90. The van der Waals surface area contributed by atoms with Crippen molar-refractivity contribution in [2.24, 2.45) is 11.7 Å². The Morgan fingerprint density at radius 1 is 1.35 bits per heavy atom. The molecule has 1 aliphatic rings. The molecule has 3 rings (SSSR count). The van der Waals surface area contributed by atoms with Crippen LogP contribution in [0.4, 0.5) is 0 Å². The molecular formula is C18H24Cl3N3O2. The Hall–Kier alpha value is -1.27. The van der Waals surface area contributed by atoms with E-state index in [0.29, 0.717) is 42.0 Å². The first kappa shape index (κ1) is 22.8. The number of oxazole rings is 1. The van der Waals surface area contributed by atoms with Gasteiger partial charge in [-0.25, -0.2) is 4.98 Å². The summed E-state index contributed by atoms with van der Waals surface area (Å²) in [4.78, 5) is 18.6. The van der Waals surface area contributed by atoms with E-state index in [4.69, 9.17) is 21.8 Å². The lowest BCUT2D eigenvalue weighted by Gasteiger charge is -2.21. The number of carbonyl (C=O) groups is 1. The highest BCUT2D eigenvalue weighted by Crippen LogP contribution is 2.25. The Balaban J connectivity index is 0.00000169. The van der Waals surface area contributed by atoms with Gasteiger partial charge in [0, 0.05) is 36.0 Å². The van der Waals surface area contributed by atoms with E-state index in [9.17, 15) is 4.79 Å². The minimum atomic E-state index is 0. The molecule has 2 N–H and O–H groups in total. The number of benzene rings is 1. The van der Waals surface area contributed by atoms with E-state index in [1.54, 1.807) is 6.20 Å². The smallest absolute Gasteiger partial charge is 0.223 e. The van der Waals surface area contributed by atoms with Gasteiger partial charge in [0.1, 0.15) is 0 Å². The molecule has 8 heteroatoms. The highest BCUT2D eigenvalue weighted by Gasteiger charge is 2.31. The Bertz CT molecular complexity index is 706. The summed E-state index contributed by atoms with van der Waals surface area (Å²) in [5, 5.41) is 0.680. The maximum Gasteiger partial charge on any atom is 0.223 e. The highest BCUT2D eigenvalue weighted by molar-refractivity contribution is 6.30. The van der Waals surface area contributed by atoms with Crippen molar-refractivity contribution in [3.63, 3.8) is 0 Å². The maximum atomic E-state index is 12.4. The lowest BCUT2D eigenvalue weighted by atomic mass is 10.1. The van der Waals surface area contributed by atoms with Crippen LogP contribution in [0.25, 0.3) is 11.3 Å². The zero-order valence-corrected chi connectivity index (χ0v) is 16.9.